The maximum atomic E-state index is 12.6. The summed E-state index contributed by atoms with van der Waals surface area (Å²) in [6.07, 6.45) is 9.38. The van der Waals surface area contributed by atoms with Crippen LogP contribution in [0.25, 0.3) is 12.2 Å². The van der Waals surface area contributed by atoms with E-state index in [-0.39, 0.29) is 7.33 Å². The van der Waals surface area contributed by atoms with Crippen LogP contribution in [-0.2, 0) is 6.54 Å². The average molecular weight is 334 g/mol. The Kier molecular flexibility index (Phi) is 5.13. The van der Waals surface area contributed by atoms with Crippen molar-refractivity contribution < 1.29 is 6.22 Å². The second kappa shape index (κ2) is 7.47. The summed E-state index contributed by atoms with van der Waals surface area (Å²) in [5, 5.41) is 4.96. The first-order valence-corrected chi connectivity index (χ1v) is 8.73. The predicted octanol–water partition coefficient (Wildman–Crippen LogP) is 3.03. The summed E-state index contributed by atoms with van der Waals surface area (Å²) in [7, 11) is 0. The lowest BCUT2D eigenvalue weighted by Gasteiger charge is -2.09. The molecule has 1 amide bonds. The number of nitrogens with one attached hydrogen (secondary N) is 1. The number of aromatic nitrogens is 1. The zero-order valence-electron chi connectivity index (χ0n) is 15.0. The number of amides is 1. The third-order valence-electron chi connectivity index (χ3n) is 4.45. The van der Waals surface area contributed by atoms with Gasteiger partial charge in [0.2, 0.25) is 0 Å². The molecule has 0 radical (unpaired) electrons. The molecule has 25 heavy (non-hydrogen) atoms. The lowest BCUT2D eigenvalue weighted by Crippen LogP contribution is -2.34. The van der Waals surface area contributed by atoms with Crippen LogP contribution in [0.4, 0.5) is 0 Å². The average Bonchev–Trinajstić information content (AvgIpc) is 2.57. The van der Waals surface area contributed by atoms with E-state index in [9.17, 15) is 4.79 Å². The zero-order chi connectivity index (χ0) is 17.8. The molecule has 1 aliphatic rings. The van der Waals surface area contributed by atoms with Crippen molar-refractivity contribution in [1.29, 1.82) is 0 Å². The number of pyridine rings is 1. The summed E-state index contributed by atoms with van der Waals surface area (Å²) in [6.45, 7) is 6.65. The Morgan fingerprint density at radius 2 is 2.16 bits per heavy atom. The van der Waals surface area contributed by atoms with E-state index in [1.54, 1.807) is 0 Å². The van der Waals surface area contributed by atoms with Crippen LogP contribution in [0.5, 0.6) is 0 Å². The topological polar surface area (TPSA) is 42.0 Å². The van der Waals surface area contributed by atoms with Gasteiger partial charge in [0.05, 0.1) is 16.6 Å². The van der Waals surface area contributed by atoms with Gasteiger partial charge in [0.1, 0.15) is 0 Å². The van der Waals surface area contributed by atoms with Gasteiger partial charge in [-0.2, -0.15) is 0 Å². The third-order valence-corrected chi connectivity index (χ3v) is 4.45. The number of nitrogens with zero attached hydrogens (tertiary/aromatic N) is 1. The molecule has 0 aliphatic heterocycles. The van der Waals surface area contributed by atoms with Gasteiger partial charge in [-0.3, -0.25) is 9.78 Å². The van der Waals surface area contributed by atoms with Gasteiger partial charge < -0.3 is 5.32 Å². The van der Waals surface area contributed by atoms with Crippen molar-refractivity contribution in [2.75, 3.05) is 0 Å². The zero-order valence-corrected chi connectivity index (χ0v) is 15.0. The molecule has 1 aliphatic carbocycles. The fraction of sp³-hybridized carbons (Fsp3) is 0.273. The maximum Gasteiger partial charge on any atom is 0.253 e. The van der Waals surface area contributed by atoms with E-state index in [2.05, 4.69) is 54.5 Å². The first kappa shape index (κ1) is 17.2. The Balaban J connectivity index is 0.00000243. The van der Waals surface area contributed by atoms with E-state index in [1.807, 2.05) is 31.2 Å². The Morgan fingerprint density at radius 3 is 2.96 bits per heavy atom. The highest BCUT2D eigenvalue weighted by Gasteiger charge is 2.11. The van der Waals surface area contributed by atoms with E-state index in [0.717, 1.165) is 28.2 Å². The predicted molar refractivity (Wildman–Crippen MR) is 105 cm³/mol. The number of rotatable bonds is 3. The summed E-state index contributed by atoms with van der Waals surface area (Å²) in [4.78, 5) is 17.3. The molecule has 1 unspecified atom stereocenters. The lowest BCUT2D eigenvalue weighted by molar-refractivity contribution is 0.0949. The minimum atomic E-state index is -0.0814. The van der Waals surface area contributed by atoms with E-state index in [0.29, 0.717) is 18.0 Å². The van der Waals surface area contributed by atoms with Gasteiger partial charge in [0.25, 0.3) is 5.91 Å². The summed E-state index contributed by atoms with van der Waals surface area (Å²) in [6, 6.07) is 10.1. The van der Waals surface area contributed by atoms with Gasteiger partial charge >= 0.3 is 0 Å². The normalized spacial score (nSPS) is 20.0. The molecule has 1 heterocycles. The third kappa shape index (κ3) is 4.24. The van der Waals surface area contributed by atoms with Crippen LogP contribution in [0, 0.1) is 19.8 Å². The molecule has 1 N–H and O–H groups in total. The molecule has 1 aromatic heterocycles. The molecule has 2 aromatic rings. The molecule has 1 aromatic carbocycles. The molecule has 0 fully saturated rings. The number of hydrogen-bond donors (Lipinski definition) is 1. The Hall–Kier alpha value is -2.68. The number of carbonyl (C=O) groups excluding carboxylic acids is 1. The van der Waals surface area contributed by atoms with Gasteiger partial charge in [-0.05, 0) is 37.8 Å². The Morgan fingerprint density at radius 1 is 1.32 bits per heavy atom. The summed E-state index contributed by atoms with van der Waals surface area (Å²) in [5.41, 5.74) is 3.69. The van der Waals surface area contributed by atoms with Crippen molar-refractivity contribution in [3.8, 4) is 0 Å². The highest BCUT2D eigenvalue weighted by atomic mass is 16.1. The van der Waals surface area contributed by atoms with Gasteiger partial charge in [-0.15, -0.1) is 0 Å². The molecule has 1 atom stereocenters. The van der Waals surface area contributed by atoms with Crippen LogP contribution >= 0.6 is 0 Å². The smallest absolute Gasteiger partial charge is 0.253 e. The number of fused-ring (bicyclic) bond motifs is 1. The van der Waals surface area contributed by atoms with Crippen LogP contribution in [0.2, 0.25) is 0 Å². The van der Waals surface area contributed by atoms with Gasteiger partial charge in [0.15, 0.2) is 0 Å². The molecule has 0 saturated heterocycles. The van der Waals surface area contributed by atoms with Crippen molar-refractivity contribution >= 4 is 18.1 Å². The second-order valence-corrected chi connectivity index (χ2v) is 6.74. The van der Waals surface area contributed by atoms with Crippen LogP contribution in [0.15, 0.2) is 42.5 Å². The minimum Gasteiger partial charge on any atom is -0.348 e. The number of carbonyl (C=O) groups is 1. The number of benzene rings is 1. The summed E-state index contributed by atoms with van der Waals surface area (Å²) in [5.74, 6) is 0.422. The quantitative estimate of drug-likeness (QED) is 0.937. The number of hydrogen-bond acceptors (Lipinski definition) is 2. The summed E-state index contributed by atoms with van der Waals surface area (Å²) < 4.78 is 0. The molecular formula is C22H26N2O. The molecule has 3 heteroatoms. The largest absolute Gasteiger partial charge is 0.348 e. The van der Waals surface area contributed by atoms with E-state index < -0.39 is 0 Å². The van der Waals surface area contributed by atoms with E-state index in [4.69, 9.17) is 0 Å². The van der Waals surface area contributed by atoms with Crippen LogP contribution < -0.4 is 15.9 Å². The fourth-order valence-corrected chi connectivity index (χ4v) is 2.99. The first-order valence-electron chi connectivity index (χ1n) is 8.73. The van der Waals surface area contributed by atoms with E-state index in [1.165, 1.54) is 5.56 Å². The molecule has 3 rings (SSSR count). The van der Waals surface area contributed by atoms with Crippen LogP contribution in [0.1, 0.15) is 42.0 Å². The number of aryl methyl sites for hydroxylation is 2. The van der Waals surface area contributed by atoms with Crippen molar-refractivity contribution in [2.24, 2.45) is 5.92 Å². The second-order valence-electron chi connectivity index (χ2n) is 6.74. The molecule has 130 valence electrons. The van der Waals surface area contributed by atoms with Crippen LogP contribution in [0.3, 0.4) is 0 Å². The van der Waals surface area contributed by atoms with Crippen molar-refractivity contribution in [2.45, 2.75) is 33.7 Å². The van der Waals surface area contributed by atoms with Gasteiger partial charge in [0, 0.05) is 13.2 Å². The standard InChI is InChI=1S/C22H24N2O.H2/c1-15-6-5-9-19-13-20(17(3)24-21(19)11-10-15)22(25)23-14-18-8-4-7-16(2)12-18;/h4-9,11-13,15H,10,14H2,1-3H3,(H,23,25);1H/b6-5-,19-9-,21-11-;. The molecule has 0 spiro atoms. The molecular weight excluding hydrogens is 308 g/mol. The highest BCUT2D eigenvalue weighted by molar-refractivity contribution is 5.95. The van der Waals surface area contributed by atoms with E-state index >= 15 is 0 Å². The molecule has 0 saturated carbocycles. The number of allylic oxidation sites excluding steroid dienone is 2. The molecule has 0 bridgehead atoms. The Labute approximate surface area is 150 Å². The van der Waals surface area contributed by atoms with Crippen LogP contribution in [-0.4, -0.2) is 10.9 Å². The molecule has 3 nitrogen and oxygen atoms in total. The monoisotopic (exact) mass is 334 g/mol. The maximum absolute atomic E-state index is 12.6. The fourth-order valence-electron chi connectivity index (χ4n) is 2.99. The Bertz CT molecular complexity index is 947. The van der Waals surface area contributed by atoms with Gasteiger partial charge in [-0.1, -0.05) is 61.1 Å². The SMILES string of the molecule is Cc1cccc(CNC(=O)c2cc3/c(nc2C)=C/CC(C)/C=C\C=3)c1.[HH]. The van der Waals surface area contributed by atoms with Crippen molar-refractivity contribution in [3.05, 3.63) is 75.4 Å². The van der Waals surface area contributed by atoms with Gasteiger partial charge in [-0.25, -0.2) is 0 Å². The lowest BCUT2D eigenvalue weighted by atomic mass is 10.0. The van der Waals surface area contributed by atoms with Crippen molar-refractivity contribution in [3.63, 3.8) is 0 Å². The summed E-state index contributed by atoms with van der Waals surface area (Å²) >= 11 is 0. The first-order chi connectivity index (χ1) is 12.0. The minimum absolute atomic E-state index is 0. The van der Waals surface area contributed by atoms with Crippen molar-refractivity contribution in [1.82, 2.24) is 10.3 Å². The highest BCUT2D eigenvalue weighted by Crippen LogP contribution is 2.07.